The van der Waals surface area contributed by atoms with Crippen LogP contribution in [0.4, 0.5) is 36.4 Å². The van der Waals surface area contributed by atoms with Crippen molar-refractivity contribution >= 4 is 11.9 Å². The Balaban J connectivity index is 2.20. The highest BCUT2D eigenvalue weighted by Crippen LogP contribution is 2.45. The van der Waals surface area contributed by atoms with E-state index >= 15 is 0 Å². The van der Waals surface area contributed by atoms with Crippen LogP contribution < -0.4 is 5.43 Å². The summed E-state index contributed by atoms with van der Waals surface area (Å²) >= 11 is 0. The summed E-state index contributed by atoms with van der Waals surface area (Å²) in [5.41, 5.74) is 1.06. The van der Waals surface area contributed by atoms with Gasteiger partial charge in [-0.05, 0) is 24.6 Å². The number of nitrogens with zero attached hydrogens (tertiary/aromatic N) is 2. The van der Waals surface area contributed by atoms with Crippen molar-refractivity contribution in [3.63, 3.8) is 0 Å². The van der Waals surface area contributed by atoms with Gasteiger partial charge in [0.15, 0.2) is 0 Å². The summed E-state index contributed by atoms with van der Waals surface area (Å²) in [6.45, 7) is 1.61. The number of nitro groups is 1. The van der Waals surface area contributed by atoms with E-state index in [-0.39, 0.29) is 22.8 Å². The van der Waals surface area contributed by atoms with Gasteiger partial charge in [0, 0.05) is 17.7 Å². The van der Waals surface area contributed by atoms with Gasteiger partial charge >= 0.3 is 18.1 Å². The Morgan fingerprint density at radius 3 is 2.32 bits per heavy atom. The van der Waals surface area contributed by atoms with Crippen molar-refractivity contribution in [2.45, 2.75) is 25.1 Å². The van der Waals surface area contributed by atoms with Crippen LogP contribution >= 0.6 is 0 Å². The summed E-state index contributed by atoms with van der Waals surface area (Å²) in [5.74, 6) is -6.57. The molecule has 0 unspecified atom stereocenters. The number of nitro benzene ring substituents is 1. The van der Waals surface area contributed by atoms with Crippen LogP contribution in [-0.2, 0) is 0 Å². The summed E-state index contributed by atoms with van der Waals surface area (Å²) in [6.07, 6.45) is -6.03. The van der Waals surface area contributed by atoms with Crippen LogP contribution in [0.1, 0.15) is 11.3 Å². The van der Waals surface area contributed by atoms with E-state index in [9.17, 15) is 40.8 Å². The van der Waals surface area contributed by atoms with Crippen LogP contribution in [0.25, 0.3) is 11.3 Å². The number of rotatable bonds is 6. The quantitative estimate of drug-likeness (QED) is 0.241. The Morgan fingerprint density at radius 1 is 1.11 bits per heavy atom. The molecule has 1 N–H and O–H groups in total. The van der Waals surface area contributed by atoms with E-state index in [1.54, 1.807) is 6.92 Å². The summed E-state index contributed by atoms with van der Waals surface area (Å²) in [7, 11) is 0. The molecule has 0 aliphatic carbocycles. The van der Waals surface area contributed by atoms with Gasteiger partial charge in [-0.3, -0.25) is 10.1 Å². The molecular formula is C15H10F7N3O3. The molecule has 13 heteroatoms. The van der Waals surface area contributed by atoms with Crippen molar-refractivity contribution in [1.82, 2.24) is 5.43 Å². The third-order valence-corrected chi connectivity index (χ3v) is 3.47. The first-order chi connectivity index (χ1) is 12.8. The zero-order valence-electron chi connectivity index (χ0n) is 13.7. The van der Waals surface area contributed by atoms with Gasteiger partial charge in [0.25, 0.3) is 5.69 Å². The number of hydrogen-bond donors (Lipinski definition) is 1. The summed E-state index contributed by atoms with van der Waals surface area (Å²) in [5, 5.41) is 13.5. The maximum Gasteiger partial charge on any atom is 0.462 e. The Hall–Kier alpha value is -3.12. The number of hydrogen-bond acceptors (Lipinski definition) is 5. The smallest absolute Gasteiger partial charge is 0.455 e. The second kappa shape index (κ2) is 7.13. The molecule has 2 rings (SSSR count). The molecule has 152 valence electrons. The average molecular weight is 413 g/mol. The lowest BCUT2D eigenvalue weighted by atomic mass is 10.1. The Bertz CT molecular complexity index is 907. The normalized spacial score (nSPS) is 13.1. The third-order valence-electron chi connectivity index (χ3n) is 3.47. The number of halogens is 7. The lowest BCUT2D eigenvalue weighted by Crippen LogP contribution is -2.58. The predicted octanol–water partition coefficient (Wildman–Crippen LogP) is 4.88. The fourth-order valence-electron chi connectivity index (χ4n) is 1.98. The largest absolute Gasteiger partial charge is 0.462 e. The SMILES string of the molecule is Cc1ccc([N+](=O)[O-])cc1-c1ccc(/C=N/NC(F)(F)C(F)(F)C(F)(F)F)o1. The van der Waals surface area contributed by atoms with Gasteiger partial charge in [0.2, 0.25) is 0 Å². The first-order valence-corrected chi connectivity index (χ1v) is 7.24. The minimum absolute atomic E-state index is 0.0648. The van der Waals surface area contributed by atoms with Gasteiger partial charge in [0.05, 0.1) is 11.1 Å². The first-order valence-electron chi connectivity index (χ1n) is 7.24. The highest BCUT2D eigenvalue weighted by molar-refractivity contribution is 5.77. The van der Waals surface area contributed by atoms with E-state index in [2.05, 4.69) is 5.10 Å². The molecule has 0 atom stereocenters. The van der Waals surface area contributed by atoms with E-state index < -0.39 is 23.1 Å². The van der Waals surface area contributed by atoms with E-state index in [4.69, 9.17) is 4.42 Å². The van der Waals surface area contributed by atoms with Gasteiger partial charge in [-0.1, -0.05) is 6.07 Å². The lowest BCUT2D eigenvalue weighted by Gasteiger charge is -2.27. The maximum absolute atomic E-state index is 13.1. The van der Waals surface area contributed by atoms with Crippen molar-refractivity contribution in [3.05, 3.63) is 51.8 Å². The Labute approximate surface area is 151 Å². The third kappa shape index (κ3) is 4.07. The molecule has 1 aromatic heterocycles. The maximum atomic E-state index is 13.1. The number of alkyl halides is 7. The van der Waals surface area contributed by atoms with Crippen LogP contribution in [0.2, 0.25) is 0 Å². The highest BCUT2D eigenvalue weighted by atomic mass is 19.4. The number of aryl methyl sites for hydroxylation is 1. The lowest BCUT2D eigenvalue weighted by molar-refractivity contribution is -0.384. The van der Waals surface area contributed by atoms with Gasteiger partial charge in [-0.2, -0.15) is 35.8 Å². The molecule has 0 spiro atoms. The first kappa shape index (κ1) is 21.2. The number of non-ortho nitro benzene ring substituents is 1. The van der Waals surface area contributed by atoms with Crippen molar-refractivity contribution < 1.29 is 40.1 Å². The second-order valence-electron chi connectivity index (χ2n) is 5.47. The van der Waals surface area contributed by atoms with Crippen LogP contribution in [0.15, 0.2) is 39.9 Å². The standard InChI is InChI=1S/C15H10F7N3O3/c1-8-2-3-9(25(26)27)6-11(8)12-5-4-10(28-12)7-23-24-15(21,22)13(16,17)14(18,19)20/h2-7,24H,1H3/b23-7+. The average Bonchev–Trinajstić information content (AvgIpc) is 3.02. The molecule has 1 aromatic carbocycles. The summed E-state index contributed by atoms with van der Waals surface area (Å²) in [6, 6.07) is 0.607. The van der Waals surface area contributed by atoms with E-state index in [0.29, 0.717) is 17.2 Å². The van der Waals surface area contributed by atoms with Gasteiger partial charge in [0.1, 0.15) is 11.5 Å². The summed E-state index contributed by atoms with van der Waals surface area (Å²) in [4.78, 5) is 10.2. The van der Waals surface area contributed by atoms with Crippen molar-refractivity contribution in [2.24, 2.45) is 5.10 Å². The van der Waals surface area contributed by atoms with Crippen LogP contribution in [0, 0.1) is 17.0 Å². The molecule has 1 heterocycles. The molecule has 0 aliphatic heterocycles. The van der Waals surface area contributed by atoms with Gasteiger partial charge in [-0.25, -0.2) is 5.43 Å². The van der Waals surface area contributed by atoms with Gasteiger partial charge in [-0.15, -0.1) is 0 Å². The molecule has 2 aromatic rings. The topological polar surface area (TPSA) is 80.7 Å². The van der Waals surface area contributed by atoms with Crippen molar-refractivity contribution in [1.29, 1.82) is 0 Å². The molecular weight excluding hydrogens is 403 g/mol. The van der Waals surface area contributed by atoms with Crippen LogP contribution in [0.5, 0.6) is 0 Å². The van der Waals surface area contributed by atoms with Crippen LogP contribution in [-0.4, -0.2) is 29.3 Å². The van der Waals surface area contributed by atoms with Crippen molar-refractivity contribution in [2.75, 3.05) is 0 Å². The fraction of sp³-hybridized carbons (Fsp3) is 0.267. The molecule has 0 saturated heterocycles. The van der Waals surface area contributed by atoms with E-state index in [0.717, 1.165) is 6.07 Å². The summed E-state index contributed by atoms with van der Waals surface area (Å²) < 4.78 is 92.8. The molecule has 0 aliphatic rings. The zero-order chi connectivity index (χ0) is 21.3. The molecule has 28 heavy (non-hydrogen) atoms. The number of nitrogens with one attached hydrogen (secondary N) is 1. The van der Waals surface area contributed by atoms with E-state index in [1.165, 1.54) is 24.3 Å². The fourth-order valence-corrected chi connectivity index (χ4v) is 1.98. The highest BCUT2D eigenvalue weighted by Gasteiger charge is 2.73. The molecule has 6 nitrogen and oxygen atoms in total. The molecule has 0 amide bonds. The van der Waals surface area contributed by atoms with Gasteiger partial charge < -0.3 is 4.42 Å². The zero-order valence-corrected chi connectivity index (χ0v) is 13.7. The predicted molar refractivity (Wildman–Crippen MR) is 82.2 cm³/mol. The Morgan fingerprint density at radius 2 is 1.75 bits per heavy atom. The molecule has 0 bridgehead atoms. The van der Waals surface area contributed by atoms with Crippen LogP contribution in [0.3, 0.4) is 0 Å². The molecule has 0 saturated carbocycles. The minimum Gasteiger partial charge on any atom is -0.455 e. The minimum atomic E-state index is -6.49. The number of benzene rings is 1. The molecule has 0 fully saturated rings. The molecule has 0 radical (unpaired) electrons. The van der Waals surface area contributed by atoms with Crippen molar-refractivity contribution in [3.8, 4) is 11.3 Å². The Kier molecular flexibility index (Phi) is 5.39. The van der Waals surface area contributed by atoms with E-state index in [1.807, 2.05) is 0 Å². The number of hydrazone groups is 1. The monoisotopic (exact) mass is 413 g/mol. The number of furan rings is 1. The second-order valence-corrected chi connectivity index (χ2v) is 5.47.